The minimum Gasteiger partial charge on any atom is -0.309 e. The van der Waals surface area contributed by atoms with Crippen molar-refractivity contribution in [2.24, 2.45) is 0 Å². The molecule has 3 heteroatoms. The van der Waals surface area contributed by atoms with Gasteiger partial charge < -0.3 is 4.57 Å². The summed E-state index contributed by atoms with van der Waals surface area (Å²) in [5.74, 6) is 0.749. The van der Waals surface area contributed by atoms with Crippen molar-refractivity contribution in [3.8, 4) is 61.7 Å². The van der Waals surface area contributed by atoms with Crippen molar-refractivity contribution in [2.45, 2.75) is 13.8 Å². The summed E-state index contributed by atoms with van der Waals surface area (Å²) in [5.41, 5.74) is 13.9. The predicted molar refractivity (Wildman–Crippen MR) is 206 cm³/mol. The number of hydrogen-bond donors (Lipinski definition) is 0. The Hall–Kier alpha value is -6.32. The van der Waals surface area contributed by atoms with Gasteiger partial charge in [-0.15, -0.1) is 0 Å². The molecule has 232 valence electrons. The first-order chi connectivity index (χ1) is 24.3. The van der Waals surface area contributed by atoms with Crippen LogP contribution in [0.4, 0.5) is 0 Å². The average Bonchev–Trinajstić information content (AvgIpc) is 3.69. The topological polar surface area (TPSA) is 30.7 Å². The number of para-hydroxylation sites is 2. The zero-order valence-electron chi connectivity index (χ0n) is 27.4. The van der Waals surface area contributed by atoms with Gasteiger partial charge in [0.15, 0.2) is 5.82 Å². The SMILES string of the molecule is CC.c1ccc(-n2c3ccccc3c3ccc(-c4ccc(-c5ccc(-c6ncc7c(n6)-c6cccc8cccc-7c68)cc5)cc4)cc32)cc1. The third kappa shape index (κ3) is 4.66. The molecule has 1 aliphatic rings. The highest BCUT2D eigenvalue weighted by molar-refractivity contribution is 6.14. The monoisotopic (exact) mass is 627 g/mol. The first-order valence-electron chi connectivity index (χ1n) is 17.0. The molecule has 10 rings (SSSR count). The minimum absolute atomic E-state index is 0.749. The Labute approximate surface area is 285 Å². The second-order valence-electron chi connectivity index (χ2n) is 12.2. The van der Waals surface area contributed by atoms with Crippen LogP contribution in [0.25, 0.3) is 94.3 Å². The van der Waals surface area contributed by atoms with Gasteiger partial charge in [-0.25, -0.2) is 9.97 Å². The summed E-state index contributed by atoms with van der Waals surface area (Å²) in [6.07, 6.45) is 1.98. The molecule has 0 amide bonds. The van der Waals surface area contributed by atoms with Crippen molar-refractivity contribution in [3.05, 3.63) is 164 Å². The molecule has 0 atom stereocenters. The van der Waals surface area contributed by atoms with E-state index in [1.807, 2.05) is 20.0 Å². The predicted octanol–water partition coefficient (Wildman–Crippen LogP) is 12.4. The molecular formula is C46H33N3. The van der Waals surface area contributed by atoms with Crippen LogP contribution < -0.4 is 0 Å². The van der Waals surface area contributed by atoms with Crippen LogP contribution >= 0.6 is 0 Å². The second-order valence-corrected chi connectivity index (χ2v) is 12.2. The summed E-state index contributed by atoms with van der Waals surface area (Å²) < 4.78 is 2.37. The molecule has 0 spiro atoms. The van der Waals surface area contributed by atoms with Crippen molar-refractivity contribution < 1.29 is 0 Å². The maximum absolute atomic E-state index is 5.06. The summed E-state index contributed by atoms with van der Waals surface area (Å²) in [6.45, 7) is 4.00. The van der Waals surface area contributed by atoms with Crippen LogP contribution in [0, 0.1) is 0 Å². The van der Waals surface area contributed by atoms with Gasteiger partial charge in [0.1, 0.15) is 0 Å². The smallest absolute Gasteiger partial charge is 0.159 e. The van der Waals surface area contributed by atoms with E-state index in [0.29, 0.717) is 0 Å². The Bertz CT molecular complexity index is 2640. The van der Waals surface area contributed by atoms with Crippen molar-refractivity contribution in [1.82, 2.24) is 14.5 Å². The number of fused-ring (bicyclic) bond motifs is 6. The van der Waals surface area contributed by atoms with Crippen LogP contribution in [-0.2, 0) is 0 Å². The Kier molecular flexibility index (Phi) is 6.91. The Morgan fingerprint density at radius 1 is 0.449 bits per heavy atom. The van der Waals surface area contributed by atoms with Crippen LogP contribution in [0.3, 0.4) is 0 Å². The molecule has 0 saturated carbocycles. The molecule has 0 unspecified atom stereocenters. The van der Waals surface area contributed by atoms with E-state index in [4.69, 9.17) is 9.97 Å². The number of benzene rings is 7. The molecule has 0 radical (unpaired) electrons. The average molecular weight is 628 g/mol. The van der Waals surface area contributed by atoms with E-state index in [-0.39, 0.29) is 0 Å². The molecule has 2 aromatic heterocycles. The van der Waals surface area contributed by atoms with E-state index >= 15 is 0 Å². The third-order valence-corrected chi connectivity index (χ3v) is 9.62. The lowest BCUT2D eigenvalue weighted by Gasteiger charge is -2.10. The minimum atomic E-state index is 0.749. The molecule has 9 aromatic rings. The largest absolute Gasteiger partial charge is 0.309 e. The van der Waals surface area contributed by atoms with Gasteiger partial charge >= 0.3 is 0 Å². The lowest BCUT2D eigenvalue weighted by molar-refractivity contribution is 1.18. The van der Waals surface area contributed by atoms with Gasteiger partial charge in [0.25, 0.3) is 0 Å². The molecule has 2 heterocycles. The normalized spacial score (nSPS) is 11.5. The van der Waals surface area contributed by atoms with Gasteiger partial charge in [-0.3, -0.25) is 0 Å². The molecule has 3 nitrogen and oxygen atoms in total. The van der Waals surface area contributed by atoms with Gasteiger partial charge in [-0.05, 0) is 62.9 Å². The van der Waals surface area contributed by atoms with E-state index < -0.39 is 0 Å². The van der Waals surface area contributed by atoms with E-state index in [1.165, 1.54) is 71.6 Å². The highest BCUT2D eigenvalue weighted by Crippen LogP contribution is 2.46. The number of nitrogens with zero attached hydrogens (tertiary/aromatic N) is 3. The second kappa shape index (κ2) is 11.7. The molecular weight excluding hydrogens is 595 g/mol. The maximum Gasteiger partial charge on any atom is 0.159 e. The van der Waals surface area contributed by atoms with Gasteiger partial charge in [-0.2, -0.15) is 0 Å². The fourth-order valence-electron chi connectivity index (χ4n) is 7.36. The van der Waals surface area contributed by atoms with Crippen LogP contribution in [0.2, 0.25) is 0 Å². The lowest BCUT2D eigenvalue weighted by atomic mass is 9.98. The van der Waals surface area contributed by atoms with Crippen LogP contribution in [0.1, 0.15) is 13.8 Å². The summed E-state index contributed by atoms with van der Waals surface area (Å²) >= 11 is 0. The molecule has 0 fully saturated rings. The van der Waals surface area contributed by atoms with E-state index in [9.17, 15) is 0 Å². The first kappa shape index (κ1) is 28.9. The van der Waals surface area contributed by atoms with Crippen LogP contribution in [0.5, 0.6) is 0 Å². The molecule has 0 N–H and O–H groups in total. The van der Waals surface area contributed by atoms with Crippen molar-refractivity contribution in [1.29, 1.82) is 0 Å². The number of hydrogen-bond acceptors (Lipinski definition) is 2. The lowest BCUT2D eigenvalue weighted by Crippen LogP contribution is -1.93. The van der Waals surface area contributed by atoms with Crippen LogP contribution in [0.15, 0.2) is 164 Å². The zero-order valence-corrected chi connectivity index (χ0v) is 27.4. The quantitative estimate of drug-likeness (QED) is 0.194. The Balaban J connectivity index is 0.00000160. The highest BCUT2D eigenvalue weighted by atomic mass is 15.0. The molecule has 1 aliphatic carbocycles. The first-order valence-corrected chi connectivity index (χ1v) is 17.0. The molecule has 0 aliphatic heterocycles. The van der Waals surface area contributed by atoms with E-state index in [2.05, 4.69) is 162 Å². The summed E-state index contributed by atoms with van der Waals surface area (Å²) in [7, 11) is 0. The number of rotatable bonds is 4. The van der Waals surface area contributed by atoms with Gasteiger partial charge in [0.05, 0.1) is 16.7 Å². The summed E-state index contributed by atoms with van der Waals surface area (Å²) in [5, 5.41) is 5.04. The van der Waals surface area contributed by atoms with Crippen molar-refractivity contribution in [2.75, 3.05) is 0 Å². The fraction of sp³-hybridized carbons (Fsp3) is 0.0435. The van der Waals surface area contributed by atoms with E-state index in [1.54, 1.807) is 0 Å². The summed E-state index contributed by atoms with van der Waals surface area (Å²) in [4.78, 5) is 9.85. The summed E-state index contributed by atoms with van der Waals surface area (Å²) in [6, 6.07) is 56.5. The van der Waals surface area contributed by atoms with Crippen molar-refractivity contribution >= 4 is 32.6 Å². The molecule has 49 heavy (non-hydrogen) atoms. The maximum atomic E-state index is 5.06. The Morgan fingerprint density at radius 3 is 1.78 bits per heavy atom. The van der Waals surface area contributed by atoms with Gasteiger partial charge in [-0.1, -0.05) is 147 Å². The third-order valence-electron chi connectivity index (χ3n) is 9.62. The Morgan fingerprint density at radius 2 is 1.04 bits per heavy atom. The molecule has 0 saturated heterocycles. The fourth-order valence-corrected chi connectivity index (χ4v) is 7.36. The molecule has 0 bridgehead atoms. The van der Waals surface area contributed by atoms with Crippen molar-refractivity contribution in [3.63, 3.8) is 0 Å². The van der Waals surface area contributed by atoms with Crippen LogP contribution in [-0.4, -0.2) is 14.5 Å². The molecule has 7 aromatic carbocycles. The zero-order chi connectivity index (χ0) is 32.9. The van der Waals surface area contributed by atoms with Gasteiger partial charge in [0, 0.05) is 39.3 Å². The standard InChI is InChI=1S/C44H27N3.C2H6/c1-2-10-34(11-3-1)47-40-15-5-4-12-35(40)36-25-24-33(26-41(36)47)30-18-16-28(17-19-30)29-20-22-32(23-21-29)44-45-27-39-37-13-6-8-31-9-7-14-38(42(31)37)43(39)46-44;1-2/h1-27H;1-2H3. The van der Waals surface area contributed by atoms with Gasteiger partial charge in [0.2, 0.25) is 0 Å². The van der Waals surface area contributed by atoms with E-state index in [0.717, 1.165) is 22.6 Å². The number of aromatic nitrogens is 3. The highest BCUT2D eigenvalue weighted by Gasteiger charge is 2.23.